The van der Waals surface area contributed by atoms with Gasteiger partial charge in [0.05, 0.1) is 5.92 Å². The van der Waals surface area contributed by atoms with Crippen LogP contribution in [-0.2, 0) is 4.79 Å². The van der Waals surface area contributed by atoms with E-state index in [0.717, 1.165) is 24.8 Å². The minimum absolute atomic E-state index is 0.156. The normalized spacial score (nSPS) is 23.9. The molecule has 2 nitrogen and oxygen atoms in total. The fraction of sp³-hybridized carbons (Fsp3) is 0.545. The Kier molecular flexibility index (Phi) is 3.29. The zero-order chi connectivity index (χ0) is 9.84. The minimum atomic E-state index is -0.746. The van der Waals surface area contributed by atoms with E-state index < -0.39 is 11.9 Å². The highest BCUT2D eigenvalue weighted by molar-refractivity contribution is 5.74. The standard InChI is InChI=1S/C11H16O2/c1-8(2)10(11(12)13)9-6-4-3-5-7-9/h4,6,9-10H,1,3,5,7H2,2H3,(H,12,13)/t9-,10-/m1/s1. The van der Waals surface area contributed by atoms with Gasteiger partial charge < -0.3 is 5.11 Å². The summed E-state index contributed by atoms with van der Waals surface area (Å²) >= 11 is 0. The molecular weight excluding hydrogens is 164 g/mol. The summed E-state index contributed by atoms with van der Waals surface area (Å²) in [5.74, 6) is -0.982. The topological polar surface area (TPSA) is 37.3 Å². The first kappa shape index (κ1) is 10.0. The second kappa shape index (κ2) is 4.26. The van der Waals surface area contributed by atoms with Crippen molar-refractivity contribution < 1.29 is 9.90 Å². The fourth-order valence-corrected chi connectivity index (χ4v) is 1.88. The van der Waals surface area contributed by atoms with E-state index >= 15 is 0 Å². The van der Waals surface area contributed by atoms with Crippen molar-refractivity contribution in [2.45, 2.75) is 26.2 Å². The molecule has 2 atom stereocenters. The van der Waals surface area contributed by atoms with Crippen molar-refractivity contribution >= 4 is 5.97 Å². The minimum Gasteiger partial charge on any atom is -0.481 e. The first-order valence-electron chi connectivity index (χ1n) is 4.68. The summed E-state index contributed by atoms with van der Waals surface area (Å²) in [6.45, 7) is 5.53. The van der Waals surface area contributed by atoms with Crippen LogP contribution in [0.15, 0.2) is 24.3 Å². The van der Waals surface area contributed by atoms with Crippen molar-refractivity contribution in [1.29, 1.82) is 0 Å². The van der Waals surface area contributed by atoms with Crippen molar-refractivity contribution in [3.8, 4) is 0 Å². The molecule has 2 heteroatoms. The van der Waals surface area contributed by atoms with Crippen LogP contribution in [0, 0.1) is 11.8 Å². The zero-order valence-corrected chi connectivity index (χ0v) is 7.99. The summed E-state index contributed by atoms with van der Waals surface area (Å²) in [5, 5.41) is 9.00. The second-order valence-corrected chi connectivity index (χ2v) is 3.69. The van der Waals surface area contributed by atoms with E-state index in [4.69, 9.17) is 5.11 Å². The molecule has 1 N–H and O–H groups in total. The maximum absolute atomic E-state index is 10.9. The Bertz CT molecular complexity index is 226. The van der Waals surface area contributed by atoms with Crippen molar-refractivity contribution in [3.05, 3.63) is 24.3 Å². The van der Waals surface area contributed by atoms with Crippen LogP contribution in [0.3, 0.4) is 0 Å². The molecule has 0 aromatic rings. The van der Waals surface area contributed by atoms with Gasteiger partial charge in [-0.05, 0) is 32.1 Å². The van der Waals surface area contributed by atoms with Gasteiger partial charge in [-0.1, -0.05) is 24.3 Å². The monoisotopic (exact) mass is 180 g/mol. The summed E-state index contributed by atoms with van der Waals surface area (Å²) < 4.78 is 0. The molecule has 1 aliphatic carbocycles. The lowest BCUT2D eigenvalue weighted by molar-refractivity contribution is -0.141. The highest BCUT2D eigenvalue weighted by Crippen LogP contribution is 2.29. The molecule has 0 heterocycles. The van der Waals surface area contributed by atoms with E-state index in [1.165, 1.54) is 0 Å². The lowest BCUT2D eigenvalue weighted by atomic mass is 9.81. The molecule has 0 fully saturated rings. The van der Waals surface area contributed by atoms with E-state index in [2.05, 4.69) is 12.7 Å². The van der Waals surface area contributed by atoms with Crippen molar-refractivity contribution in [3.63, 3.8) is 0 Å². The number of carbonyl (C=O) groups is 1. The third-order valence-electron chi connectivity index (χ3n) is 2.52. The molecule has 1 rings (SSSR count). The number of rotatable bonds is 3. The van der Waals surface area contributed by atoms with E-state index in [0.29, 0.717) is 0 Å². The molecule has 0 aromatic heterocycles. The number of hydrogen-bond acceptors (Lipinski definition) is 1. The van der Waals surface area contributed by atoms with Gasteiger partial charge in [0.2, 0.25) is 0 Å². The highest BCUT2D eigenvalue weighted by Gasteiger charge is 2.27. The van der Waals surface area contributed by atoms with Gasteiger partial charge in [-0.2, -0.15) is 0 Å². The van der Waals surface area contributed by atoms with Gasteiger partial charge in [-0.15, -0.1) is 0 Å². The third-order valence-corrected chi connectivity index (χ3v) is 2.52. The fourth-order valence-electron chi connectivity index (χ4n) is 1.88. The highest BCUT2D eigenvalue weighted by atomic mass is 16.4. The summed E-state index contributed by atoms with van der Waals surface area (Å²) in [6, 6.07) is 0. The van der Waals surface area contributed by atoms with Crippen LogP contribution >= 0.6 is 0 Å². The van der Waals surface area contributed by atoms with Gasteiger partial charge in [0.15, 0.2) is 0 Å². The van der Waals surface area contributed by atoms with Crippen LogP contribution in [-0.4, -0.2) is 11.1 Å². The molecular formula is C11H16O2. The first-order valence-corrected chi connectivity index (χ1v) is 4.68. The van der Waals surface area contributed by atoms with E-state index in [-0.39, 0.29) is 5.92 Å². The average molecular weight is 180 g/mol. The van der Waals surface area contributed by atoms with Crippen LogP contribution in [0.2, 0.25) is 0 Å². The van der Waals surface area contributed by atoms with Crippen molar-refractivity contribution in [1.82, 2.24) is 0 Å². The molecule has 0 amide bonds. The van der Waals surface area contributed by atoms with Crippen LogP contribution < -0.4 is 0 Å². The quantitative estimate of drug-likeness (QED) is 0.678. The number of hydrogen-bond donors (Lipinski definition) is 1. The van der Waals surface area contributed by atoms with Gasteiger partial charge in [0.1, 0.15) is 0 Å². The molecule has 0 spiro atoms. The largest absolute Gasteiger partial charge is 0.481 e. The number of carboxylic acid groups (broad SMARTS) is 1. The Hall–Kier alpha value is -1.05. The van der Waals surface area contributed by atoms with Crippen LogP contribution in [0.25, 0.3) is 0 Å². The number of carboxylic acids is 1. The van der Waals surface area contributed by atoms with Crippen molar-refractivity contribution in [2.24, 2.45) is 11.8 Å². The Morgan fingerprint density at radius 3 is 2.77 bits per heavy atom. The average Bonchev–Trinajstić information content (AvgIpc) is 2.04. The molecule has 0 bridgehead atoms. The molecule has 0 radical (unpaired) electrons. The maximum Gasteiger partial charge on any atom is 0.311 e. The zero-order valence-electron chi connectivity index (χ0n) is 7.99. The predicted molar refractivity (Wildman–Crippen MR) is 52.4 cm³/mol. The van der Waals surface area contributed by atoms with E-state index in [1.807, 2.05) is 6.08 Å². The predicted octanol–water partition coefficient (Wildman–Crippen LogP) is 2.62. The van der Waals surface area contributed by atoms with Gasteiger partial charge in [-0.3, -0.25) is 4.79 Å². The lowest BCUT2D eigenvalue weighted by Gasteiger charge is -2.23. The van der Waals surface area contributed by atoms with Crippen LogP contribution in [0.1, 0.15) is 26.2 Å². The molecule has 0 saturated carbocycles. The molecule has 0 saturated heterocycles. The van der Waals surface area contributed by atoms with Gasteiger partial charge in [0, 0.05) is 0 Å². The molecule has 0 aliphatic heterocycles. The van der Waals surface area contributed by atoms with E-state index in [9.17, 15) is 4.79 Å². The summed E-state index contributed by atoms with van der Waals surface area (Å²) in [6.07, 6.45) is 7.25. The van der Waals surface area contributed by atoms with E-state index in [1.54, 1.807) is 6.92 Å². The van der Waals surface area contributed by atoms with Crippen LogP contribution in [0.5, 0.6) is 0 Å². The molecule has 72 valence electrons. The maximum atomic E-state index is 10.9. The SMILES string of the molecule is C=C(C)[C@@H](C(=O)O)[C@@H]1C=CCCC1. The molecule has 0 unspecified atom stereocenters. The Morgan fingerprint density at radius 2 is 2.38 bits per heavy atom. The summed E-state index contributed by atoms with van der Waals surface area (Å²) in [7, 11) is 0. The first-order chi connectivity index (χ1) is 6.13. The summed E-state index contributed by atoms with van der Waals surface area (Å²) in [4.78, 5) is 10.9. The van der Waals surface area contributed by atoms with Gasteiger partial charge >= 0.3 is 5.97 Å². The Morgan fingerprint density at radius 1 is 1.69 bits per heavy atom. The lowest BCUT2D eigenvalue weighted by Crippen LogP contribution is -2.24. The summed E-state index contributed by atoms with van der Waals surface area (Å²) in [5.41, 5.74) is 0.754. The molecule has 1 aliphatic rings. The second-order valence-electron chi connectivity index (χ2n) is 3.69. The van der Waals surface area contributed by atoms with Crippen LogP contribution in [0.4, 0.5) is 0 Å². The molecule has 0 aromatic carbocycles. The Balaban J connectivity index is 2.74. The number of aliphatic carboxylic acids is 1. The third kappa shape index (κ3) is 2.44. The van der Waals surface area contributed by atoms with Gasteiger partial charge in [0.25, 0.3) is 0 Å². The van der Waals surface area contributed by atoms with Gasteiger partial charge in [-0.25, -0.2) is 0 Å². The number of allylic oxidation sites excluding steroid dienone is 2. The van der Waals surface area contributed by atoms with Crippen molar-refractivity contribution in [2.75, 3.05) is 0 Å². The smallest absolute Gasteiger partial charge is 0.311 e. The molecule has 13 heavy (non-hydrogen) atoms. The Labute approximate surface area is 79.0 Å².